The molecule has 0 spiro atoms. The van der Waals surface area contributed by atoms with Crippen LogP contribution in [0.5, 0.6) is 11.5 Å². The zero-order valence-electron chi connectivity index (χ0n) is 29.6. The lowest BCUT2D eigenvalue weighted by atomic mass is 9.86. The van der Waals surface area contributed by atoms with E-state index >= 15 is 0 Å². The maximum Gasteiger partial charge on any atom is 0.414 e. The van der Waals surface area contributed by atoms with Crippen LogP contribution in [0.1, 0.15) is 58.8 Å². The molecular weight excluding hydrogens is 762 g/mol. The number of amides is 1. The molecule has 4 heterocycles. The van der Waals surface area contributed by atoms with Crippen molar-refractivity contribution < 1.29 is 52.2 Å². The Kier molecular flexibility index (Phi) is 13.1. The Bertz CT molecular complexity index is 1960. The molecule has 3 aliphatic heterocycles. The zero-order chi connectivity index (χ0) is 37.8. The molecule has 3 saturated heterocycles. The lowest BCUT2D eigenvalue weighted by molar-refractivity contribution is -0.377. The molecule has 3 aromatic carbocycles. The highest BCUT2D eigenvalue weighted by Crippen LogP contribution is 2.38. The van der Waals surface area contributed by atoms with E-state index in [1.165, 1.54) is 41.3 Å². The van der Waals surface area contributed by atoms with E-state index in [0.717, 1.165) is 38.8 Å². The molecule has 2 N–H and O–H groups in total. The van der Waals surface area contributed by atoms with Gasteiger partial charge in [-0.15, -0.1) is 0 Å². The predicted molar refractivity (Wildman–Crippen MR) is 197 cm³/mol. The number of rotatable bonds is 14. The quantitative estimate of drug-likeness (QED) is 0.116. The molecule has 2 atom stereocenters. The minimum atomic E-state index is -3.07. The fraction of sp³-hybridized carbons (Fsp3) is 0.375. The first-order chi connectivity index (χ1) is 26.1. The van der Waals surface area contributed by atoms with Crippen molar-refractivity contribution in [2.45, 2.75) is 57.5 Å². The summed E-state index contributed by atoms with van der Waals surface area (Å²) in [4.78, 5) is 34.1. The summed E-state index contributed by atoms with van der Waals surface area (Å²) in [5.41, 5.74) is 1.96. The van der Waals surface area contributed by atoms with Gasteiger partial charge in [0, 0.05) is 18.5 Å². The molecule has 10 nitrogen and oxygen atoms in total. The number of ether oxygens (including phenoxy) is 4. The highest BCUT2D eigenvalue weighted by Gasteiger charge is 2.37. The van der Waals surface area contributed by atoms with E-state index in [1.54, 1.807) is 42.7 Å². The van der Waals surface area contributed by atoms with Crippen molar-refractivity contribution in [2.24, 2.45) is 11.8 Å². The van der Waals surface area contributed by atoms with Crippen molar-refractivity contribution in [2.75, 3.05) is 31.1 Å². The Labute approximate surface area is 326 Å². The number of fused-ring (bicyclic) bond motifs is 3. The zero-order valence-corrected chi connectivity index (χ0v) is 31.2. The number of aromatic nitrogens is 1. The SMILES string of the molecule is O=C(O[C@@H](Cc1c(Cl)c[nH+]cc1Cl)c1ccc(OC(F)F)c(OCC2CC2)c1)c1cccc(CN(C(=O)O[C@H]2CN3CCC2CC3)c2cccc(F)c2)c1.[OH-]. The molecule has 292 valence electrons. The van der Waals surface area contributed by atoms with Crippen LogP contribution in [-0.2, 0) is 22.4 Å². The highest BCUT2D eigenvalue weighted by atomic mass is 35.5. The molecule has 4 fully saturated rings. The second-order valence-electron chi connectivity index (χ2n) is 13.9. The van der Waals surface area contributed by atoms with Gasteiger partial charge >= 0.3 is 18.7 Å². The number of esters is 1. The molecule has 1 amide bonds. The largest absolute Gasteiger partial charge is 0.870 e. The maximum atomic E-state index is 14.4. The van der Waals surface area contributed by atoms with Crippen LogP contribution in [-0.4, -0.2) is 61.4 Å². The van der Waals surface area contributed by atoms with Crippen LogP contribution in [0.3, 0.4) is 0 Å². The number of pyridine rings is 1. The minimum Gasteiger partial charge on any atom is -0.870 e. The first-order valence-electron chi connectivity index (χ1n) is 17.9. The Morgan fingerprint density at radius 2 is 1.67 bits per heavy atom. The summed E-state index contributed by atoms with van der Waals surface area (Å²) in [6.45, 7) is -0.151. The number of benzene rings is 3. The third kappa shape index (κ3) is 10.2. The van der Waals surface area contributed by atoms with Gasteiger partial charge in [-0.25, -0.2) is 19.0 Å². The number of alkyl halides is 2. The number of H-pyrrole nitrogens is 1. The number of anilines is 1. The molecule has 15 heteroatoms. The average molecular weight is 803 g/mol. The van der Waals surface area contributed by atoms with Crippen LogP contribution in [0.2, 0.25) is 10.0 Å². The number of carbonyl (C=O) groups is 2. The van der Waals surface area contributed by atoms with Crippen LogP contribution < -0.4 is 19.4 Å². The summed E-state index contributed by atoms with van der Waals surface area (Å²) in [6.07, 6.45) is 5.10. The Hall–Kier alpha value is -4.56. The van der Waals surface area contributed by atoms with E-state index in [1.807, 2.05) is 0 Å². The van der Waals surface area contributed by atoms with Gasteiger partial charge < -0.3 is 24.4 Å². The van der Waals surface area contributed by atoms with Gasteiger partial charge in [0.2, 0.25) is 0 Å². The number of hydrogen-bond acceptors (Lipinski definition) is 8. The third-order valence-corrected chi connectivity index (χ3v) is 10.7. The fourth-order valence-electron chi connectivity index (χ4n) is 6.93. The molecule has 2 bridgehead atoms. The van der Waals surface area contributed by atoms with Gasteiger partial charge in [-0.3, -0.25) is 9.80 Å². The van der Waals surface area contributed by atoms with Crippen molar-refractivity contribution in [3.05, 3.63) is 117 Å². The minimum absolute atomic E-state index is 0. The van der Waals surface area contributed by atoms with Crippen molar-refractivity contribution in [3.63, 3.8) is 0 Å². The summed E-state index contributed by atoms with van der Waals surface area (Å²) in [5.74, 6) is -0.686. The molecular formula is C40H40Cl2F3N3O7. The number of halogens is 5. The summed E-state index contributed by atoms with van der Waals surface area (Å²) < 4.78 is 63.8. The van der Waals surface area contributed by atoms with Crippen molar-refractivity contribution in [3.8, 4) is 11.5 Å². The van der Waals surface area contributed by atoms with Crippen molar-refractivity contribution in [1.82, 2.24) is 4.90 Å². The van der Waals surface area contributed by atoms with Gasteiger partial charge in [0.05, 0.1) is 24.4 Å². The Morgan fingerprint density at radius 1 is 0.927 bits per heavy atom. The van der Waals surface area contributed by atoms with Crippen LogP contribution in [0.15, 0.2) is 79.1 Å². The Balaban J connectivity index is 0.00000514. The molecule has 1 aliphatic carbocycles. The first kappa shape index (κ1) is 40.1. The van der Waals surface area contributed by atoms with Gasteiger partial charge in [-0.05, 0) is 104 Å². The molecule has 1 saturated carbocycles. The second kappa shape index (κ2) is 17.9. The third-order valence-electron chi connectivity index (χ3n) is 10.1. The Morgan fingerprint density at radius 3 is 2.35 bits per heavy atom. The normalized spacial score (nSPS) is 19.3. The van der Waals surface area contributed by atoms with Crippen LogP contribution in [0, 0.1) is 17.7 Å². The topological polar surface area (TPSA) is 122 Å². The molecule has 55 heavy (non-hydrogen) atoms. The van der Waals surface area contributed by atoms with E-state index in [2.05, 4.69) is 9.88 Å². The van der Waals surface area contributed by atoms with E-state index < -0.39 is 30.6 Å². The molecule has 4 aliphatic rings. The van der Waals surface area contributed by atoms with Crippen LogP contribution in [0.4, 0.5) is 23.7 Å². The summed E-state index contributed by atoms with van der Waals surface area (Å²) in [7, 11) is 0. The number of nitrogens with zero attached hydrogens (tertiary/aromatic N) is 2. The summed E-state index contributed by atoms with van der Waals surface area (Å²) >= 11 is 13.0. The molecule has 8 rings (SSSR count). The fourth-order valence-corrected chi connectivity index (χ4v) is 7.46. The smallest absolute Gasteiger partial charge is 0.414 e. The number of aromatic amines is 1. The van der Waals surface area contributed by atoms with E-state index in [-0.39, 0.29) is 47.5 Å². The highest BCUT2D eigenvalue weighted by molar-refractivity contribution is 6.35. The van der Waals surface area contributed by atoms with Crippen LogP contribution >= 0.6 is 23.2 Å². The lowest BCUT2D eigenvalue weighted by Crippen LogP contribution is -2.53. The number of piperidine rings is 3. The van der Waals surface area contributed by atoms with Gasteiger partial charge in [-0.1, -0.05) is 47.5 Å². The van der Waals surface area contributed by atoms with Gasteiger partial charge in [0.15, 0.2) is 23.9 Å². The lowest BCUT2D eigenvalue weighted by Gasteiger charge is -2.44. The van der Waals surface area contributed by atoms with Crippen molar-refractivity contribution >= 4 is 41.0 Å². The second-order valence-corrected chi connectivity index (χ2v) is 14.7. The average Bonchev–Trinajstić information content (AvgIpc) is 3.99. The molecule has 0 unspecified atom stereocenters. The van der Waals surface area contributed by atoms with Gasteiger partial charge in [0.1, 0.15) is 28.1 Å². The van der Waals surface area contributed by atoms with E-state index in [9.17, 15) is 22.8 Å². The standard InChI is InChI=1S/C40H38Cl2F3N3O6.H2O/c41-32-19-46-20-33(42)31(32)18-35(27-9-10-34(53-39(44)45)36(16-27)51-23-24-7-8-24)52-38(49)28-4-1-3-25(15-28)21-48(30-6-2-5-29(43)17-30)40(50)54-37-22-47-13-11-26(37)12-14-47;/h1-6,9-10,15-17,19-20,24,26,35,37,39H,7-8,11-14,18,21-23H2;1H2/t35-,37-;/m0./s1. The molecule has 1 aromatic heterocycles. The van der Waals surface area contributed by atoms with E-state index in [0.29, 0.717) is 51.5 Å². The van der Waals surface area contributed by atoms with Crippen molar-refractivity contribution in [1.29, 1.82) is 0 Å². The number of carbonyl (C=O) groups excluding carboxylic acids is 2. The molecule has 0 radical (unpaired) electrons. The maximum absolute atomic E-state index is 14.4. The molecule has 4 aromatic rings. The van der Waals surface area contributed by atoms with Crippen LogP contribution in [0.25, 0.3) is 0 Å². The van der Waals surface area contributed by atoms with Gasteiger partial charge in [-0.2, -0.15) is 8.78 Å². The first-order valence-corrected chi connectivity index (χ1v) is 18.7. The summed E-state index contributed by atoms with van der Waals surface area (Å²) in [5, 5.41) is 0.604. The summed E-state index contributed by atoms with van der Waals surface area (Å²) in [6, 6.07) is 16.7. The predicted octanol–water partition coefficient (Wildman–Crippen LogP) is 8.54. The number of hydrogen-bond donors (Lipinski definition) is 0. The van der Waals surface area contributed by atoms with Gasteiger partial charge in [0.25, 0.3) is 0 Å². The van der Waals surface area contributed by atoms with E-state index in [4.69, 9.17) is 42.1 Å². The number of nitrogens with one attached hydrogen (secondary N) is 1. The monoisotopic (exact) mass is 801 g/mol.